The van der Waals surface area contributed by atoms with Crippen molar-refractivity contribution >= 4 is 17.9 Å². The van der Waals surface area contributed by atoms with Crippen molar-refractivity contribution in [1.82, 2.24) is 4.90 Å². The van der Waals surface area contributed by atoms with Crippen LogP contribution < -0.4 is 0 Å². The highest BCUT2D eigenvalue weighted by molar-refractivity contribution is 5.90. The largest absolute Gasteiger partial charge is 0.447 e. The Morgan fingerprint density at radius 1 is 1.00 bits per heavy atom. The van der Waals surface area contributed by atoms with Gasteiger partial charge in [0.2, 0.25) is 0 Å². The van der Waals surface area contributed by atoms with Crippen molar-refractivity contribution in [3.63, 3.8) is 0 Å². The number of rotatable bonds is 3. The smallest absolute Gasteiger partial charge is 0.414 e. The molecule has 0 saturated carbocycles. The summed E-state index contributed by atoms with van der Waals surface area (Å²) in [6.07, 6.45) is 1.73. The number of nitrogens with zero attached hydrogens (tertiary/aromatic N) is 1. The number of benzene rings is 2. The summed E-state index contributed by atoms with van der Waals surface area (Å²) in [4.78, 5) is 13.5. The lowest BCUT2D eigenvalue weighted by atomic mass is 10.1. The van der Waals surface area contributed by atoms with Gasteiger partial charge in [-0.2, -0.15) is 0 Å². The Kier molecular flexibility index (Phi) is 3.50. The number of cyclic esters (lactones) is 1. The van der Waals surface area contributed by atoms with E-state index in [-0.39, 0.29) is 6.09 Å². The highest BCUT2D eigenvalue weighted by Crippen LogP contribution is 2.25. The van der Waals surface area contributed by atoms with Crippen LogP contribution in [0.15, 0.2) is 60.7 Å². The molecule has 0 atom stereocenters. The summed E-state index contributed by atoms with van der Waals surface area (Å²) in [5.41, 5.74) is 2.94. The number of carbonyl (C=O) groups is 1. The lowest BCUT2D eigenvalue weighted by molar-refractivity contribution is 0.167. The van der Waals surface area contributed by atoms with E-state index in [1.54, 1.807) is 4.90 Å². The van der Waals surface area contributed by atoms with Crippen molar-refractivity contribution in [1.29, 1.82) is 0 Å². The highest BCUT2D eigenvalue weighted by Gasteiger charge is 2.26. The summed E-state index contributed by atoms with van der Waals surface area (Å²) in [6, 6.07) is 19.9. The van der Waals surface area contributed by atoms with E-state index in [4.69, 9.17) is 4.74 Å². The topological polar surface area (TPSA) is 29.5 Å². The summed E-state index contributed by atoms with van der Waals surface area (Å²) >= 11 is 0. The Morgan fingerprint density at radius 2 is 1.65 bits per heavy atom. The van der Waals surface area contributed by atoms with E-state index in [1.165, 1.54) is 0 Å². The maximum absolute atomic E-state index is 11.8. The molecule has 0 bridgehead atoms. The van der Waals surface area contributed by atoms with E-state index in [0.29, 0.717) is 13.2 Å². The predicted molar refractivity (Wildman–Crippen MR) is 78.8 cm³/mol. The second-order valence-electron chi connectivity index (χ2n) is 4.57. The van der Waals surface area contributed by atoms with Crippen LogP contribution in [0.2, 0.25) is 0 Å². The molecular formula is C17H15NO2. The third-order valence-electron chi connectivity index (χ3n) is 3.22. The van der Waals surface area contributed by atoms with Gasteiger partial charge in [-0.05, 0) is 17.2 Å². The van der Waals surface area contributed by atoms with Gasteiger partial charge in [-0.25, -0.2) is 4.79 Å². The molecular weight excluding hydrogens is 250 g/mol. The first-order chi connectivity index (χ1) is 9.84. The Bertz CT molecular complexity index is 620. The Morgan fingerprint density at radius 3 is 2.25 bits per heavy atom. The summed E-state index contributed by atoms with van der Waals surface area (Å²) in [5, 5.41) is 0. The van der Waals surface area contributed by atoms with Crippen molar-refractivity contribution < 1.29 is 9.53 Å². The lowest BCUT2D eigenvalue weighted by Crippen LogP contribution is -2.22. The molecule has 1 saturated heterocycles. The predicted octanol–water partition coefficient (Wildman–Crippen LogP) is 3.64. The molecule has 0 radical (unpaired) electrons. The molecule has 2 aromatic rings. The number of hydrogen-bond donors (Lipinski definition) is 0. The fourth-order valence-corrected chi connectivity index (χ4v) is 2.25. The molecule has 0 spiro atoms. The molecule has 0 aromatic heterocycles. The van der Waals surface area contributed by atoms with Gasteiger partial charge in [-0.1, -0.05) is 60.7 Å². The maximum Gasteiger partial charge on any atom is 0.414 e. The van der Waals surface area contributed by atoms with E-state index >= 15 is 0 Å². The van der Waals surface area contributed by atoms with E-state index in [2.05, 4.69) is 0 Å². The Labute approximate surface area is 118 Å². The van der Waals surface area contributed by atoms with Crippen LogP contribution in [-0.2, 0) is 4.74 Å². The van der Waals surface area contributed by atoms with Crippen LogP contribution in [0.4, 0.5) is 4.79 Å². The molecule has 0 unspecified atom stereocenters. The quantitative estimate of drug-likeness (QED) is 0.793. The van der Waals surface area contributed by atoms with Crippen LogP contribution in [0, 0.1) is 0 Å². The van der Waals surface area contributed by atoms with E-state index < -0.39 is 0 Å². The van der Waals surface area contributed by atoms with Crippen LogP contribution in [0.25, 0.3) is 11.8 Å². The molecule has 1 amide bonds. The van der Waals surface area contributed by atoms with Crippen LogP contribution >= 0.6 is 0 Å². The highest BCUT2D eigenvalue weighted by atomic mass is 16.6. The van der Waals surface area contributed by atoms with Crippen LogP contribution in [-0.4, -0.2) is 24.1 Å². The lowest BCUT2D eigenvalue weighted by Gasteiger charge is -2.17. The first-order valence-corrected chi connectivity index (χ1v) is 6.61. The fraction of sp³-hybridized carbons (Fsp3) is 0.118. The first-order valence-electron chi connectivity index (χ1n) is 6.61. The zero-order chi connectivity index (χ0) is 13.8. The SMILES string of the molecule is O=C1OCCN1/C(=C\c1ccccc1)c1ccccc1. The van der Waals surface area contributed by atoms with Crippen LogP contribution in [0.5, 0.6) is 0 Å². The first kappa shape index (κ1) is 12.5. The van der Waals surface area contributed by atoms with E-state index in [9.17, 15) is 4.79 Å². The fourth-order valence-electron chi connectivity index (χ4n) is 2.25. The standard InChI is InChI=1S/C17H15NO2/c19-17-18(11-12-20-17)16(15-9-5-2-6-10-15)13-14-7-3-1-4-8-14/h1-10,13H,11-12H2/b16-13-. The molecule has 3 rings (SSSR count). The normalized spacial score (nSPS) is 15.3. The maximum atomic E-state index is 11.8. The second kappa shape index (κ2) is 5.61. The van der Waals surface area contributed by atoms with E-state index in [1.807, 2.05) is 66.7 Å². The summed E-state index contributed by atoms with van der Waals surface area (Å²) in [6.45, 7) is 1.03. The average molecular weight is 265 g/mol. The van der Waals surface area contributed by atoms with Gasteiger partial charge < -0.3 is 4.74 Å². The van der Waals surface area contributed by atoms with Gasteiger partial charge in [-0.3, -0.25) is 4.90 Å². The number of ether oxygens (including phenoxy) is 1. The minimum atomic E-state index is -0.281. The minimum Gasteiger partial charge on any atom is -0.447 e. The molecule has 3 nitrogen and oxygen atoms in total. The molecule has 20 heavy (non-hydrogen) atoms. The number of hydrogen-bond acceptors (Lipinski definition) is 2. The van der Waals surface area contributed by atoms with Crippen LogP contribution in [0.1, 0.15) is 11.1 Å². The van der Waals surface area contributed by atoms with Gasteiger partial charge in [0.05, 0.1) is 12.2 Å². The van der Waals surface area contributed by atoms with Crippen molar-refractivity contribution in [2.24, 2.45) is 0 Å². The zero-order valence-corrected chi connectivity index (χ0v) is 11.0. The van der Waals surface area contributed by atoms with Crippen molar-refractivity contribution in [2.45, 2.75) is 0 Å². The van der Waals surface area contributed by atoms with Gasteiger partial charge >= 0.3 is 6.09 Å². The summed E-state index contributed by atoms with van der Waals surface area (Å²) in [5.74, 6) is 0. The van der Waals surface area contributed by atoms with Crippen LogP contribution in [0.3, 0.4) is 0 Å². The monoisotopic (exact) mass is 265 g/mol. The number of amides is 1. The third-order valence-corrected chi connectivity index (χ3v) is 3.22. The zero-order valence-electron chi connectivity index (χ0n) is 11.0. The third kappa shape index (κ3) is 2.57. The van der Waals surface area contributed by atoms with Gasteiger partial charge in [0.1, 0.15) is 6.61 Å². The summed E-state index contributed by atoms with van der Waals surface area (Å²) < 4.78 is 5.05. The molecule has 0 aliphatic carbocycles. The molecule has 1 aliphatic rings. The van der Waals surface area contributed by atoms with Gasteiger partial charge in [0, 0.05) is 0 Å². The molecule has 0 N–H and O–H groups in total. The number of carbonyl (C=O) groups excluding carboxylic acids is 1. The van der Waals surface area contributed by atoms with Gasteiger partial charge in [-0.15, -0.1) is 0 Å². The van der Waals surface area contributed by atoms with E-state index in [0.717, 1.165) is 16.8 Å². The van der Waals surface area contributed by atoms with Crippen molar-refractivity contribution in [3.8, 4) is 0 Å². The van der Waals surface area contributed by atoms with Crippen molar-refractivity contribution in [3.05, 3.63) is 71.8 Å². The van der Waals surface area contributed by atoms with Crippen molar-refractivity contribution in [2.75, 3.05) is 13.2 Å². The molecule has 3 heteroatoms. The van der Waals surface area contributed by atoms with Gasteiger partial charge in [0.25, 0.3) is 0 Å². The Hall–Kier alpha value is -2.55. The molecule has 1 heterocycles. The molecule has 1 aliphatic heterocycles. The second-order valence-corrected chi connectivity index (χ2v) is 4.57. The summed E-state index contributed by atoms with van der Waals surface area (Å²) in [7, 11) is 0. The molecule has 1 fully saturated rings. The average Bonchev–Trinajstić information content (AvgIpc) is 2.93. The van der Waals surface area contributed by atoms with Gasteiger partial charge in [0.15, 0.2) is 0 Å². The molecule has 2 aromatic carbocycles. The molecule has 100 valence electrons. The minimum absolute atomic E-state index is 0.281. The Balaban J connectivity index is 2.04.